The van der Waals surface area contributed by atoms with Crippen molar-refractivity contribution in [2.45, 2.75) is 50.0 Å². The molecule has 222 valence electrons. The fourth-order valence-corrected chi connectivity index (χ4v) is 5.14. The monoisotopic (exact) mass is 572 g/mol. The summed E-state index contributed by atoms with van der Waals surface area (Å²) in [5, 5.41) is 14.2. The van der Waals surface area contributed by atoms with Gasteiger partial charge in [-0.05, 0) is 55.8 Å². The molecular formula is C25H34F6N2O6. The highest BCUT2D eigenvalue weighted by atomic mass is 19.4. The van der Waals surface area contributed by atoms with E-state index in [0.717, 1.165) is 39.5 Å². The van der Waals surface area contributed by atoms with Crippen LogP contribution in [-0.2, 0) is 24.5 Å². The highest BCUT2D eigenvalue weighted by Crippen LogP contribution is 2.53. The van der Waals surface area contributed by atoms with E-state index in [9.17, 15) is 26.3 Å². The molecule has 8 nitrogen and oxygen atoms in total. The number of likely N-dealkylation sites (tertiary alicyclic amines) is 1. The zero-order valence-electron chi connectivity index (χ0n) is 21.8. The van der Waals surface area contributed by atoms with Crippen molar-refractivity contribution in [3.05, 3.63) is 34.9 Å². The van der Waals surface area contributed by atoms with Crippen molar-refractivity contribution in [3.63, 3.8) is 0 Å². The first-order valence-corrected chi connectivity index (χ1v) is 12.3. The van der Waals surface area contributed by atoms with Crippen LogP contribution in [0.4, 0.5) is 26.3 Å². The molecule has 1 aliphatic carbocycles. The third-order valence-corrected chi connectivity index (χ3v) is 7.12. The normalized spacial score (nSPS) is 21.3. The maximum absolute atomic E-state index is 10.6. The van der Waals surface area contributed by atoms with Gasteiger partial charge in [-0.3, -0.25) is 4.90 Å². The van der Waals surface area contributed by atoms with Gasteiger partial charge < -0.3 is 24.6 Å². The van der Waals surface area contributed by atoms with Gasteiger partial charge in [0.15, 0.2) is 0 Å². The first kappa shape index (κ1) is 32.8. The van der Waals surface area contributed by atoms with Gasteiger partial charge in [0.1, 0.15) is 0 Å². The number of hydrogen-bond acceptors (Lipinski definition) is 6. The Kier molecular flexibility index (Phi) is 11.6. The van der Waals surface area contributed by atoms with E-state index in [-0.39, 0.29) is 0 Å². The second-order valence-electron chi connectivity index (χ2n) is 9.68. The average Bonchev–Trinajstić information content (AvgIpc) is 3.17. The number of benzene rings is 1. The second-order valence-corrected chi connectivity index (χ2v) is 9.68. The van der Waals surface area contributed by atoms with Crippen LogP contribution in [0.5, 0.6) is 0 Å². The molecule has 2 heterocycles. The van der Waals surface area contributed by atoms with Gasteiger partial charge >= 0.3 is 24.3 Å². The van der Waals surface area contributed by atoms with Crippen molar-refractivity contribution < 1.29 is 55.6 Å². The first-order chi connectivity index (χ1) is 18.1. The van der Waals surface area contributed by atoms with E-state index in [1.54, 1.807) is 18.2 Å². The van der Waals surface area contributed by atoms with Crippen molar-refractivity contribution in [1.82, 2.24) is 9.80 Å². The molecule has 0 aromatic heterocycles. The van der Waals surface area contributed by atoms with E-state index in [1.165, 1.54) is 37.9 Å². The number of nitrogens with zero attached hydrogens (tertiary/aromatic N) is 2. The van der Waals surface area contributed by atoms with Crippen LogP contribution in [0.2, 0.25) is 0 Å². The molecule has 1 aromatic carbocycles. The van der Waals surface area contributed by atoms with Crippen LogP contribution in [0.25, 0.3) is 0 Å². The number of carbonyl (C=O) groups is 2. The topological polar surface area (TPSA) is 99.5 Å². The number of ether oxygens (including phenoxy) is 2. The molecular weight excluding hydrogens is 538 g/mol. The Balaban J connectivity index is 0.000000317. The molecule has 1 spiro atoms. The van der Waals surface area contributed by atoms with Crippen molar-refractivity contribution in [2.24, 2.45) is 0 Å². The van der Waals surface area contributed by atoms with Crippen molar-refractivity contribution >= 4 is 11.9 Å². The van der Waals surface area contributed by atoms with E-state index in [1.807, 2.05) is 0 Å². The number of piperidine rings is 1. The smallest absolute Gasteiger partial charge is 0.475 e. The van der Waals surface area contributed by atoms with Crippen LogP contribution in [0, 0.1) is 6.92 Å². The van der Waals surface area contributed by atoms with Gasteiger partial charge in [-0.1, -0.05) is 23.8 Å². The van der Waals surface area contributed by atoms with Crippen LogP contribution >= 0.6 is 0 Å². The molecule has 1 unspecified atom stereocenters. The number of fused-ring (bicyclic) bond motifs is 2. The summed E-state index contributed by atoms with van der Waals surface area (Å²) in [6, 6.07) is 7.81. The Labute approximate surface area is 222 Å². The van der Waals surface area contributed by atoms with Gasteiger partial charge in [-0.2, -0.15) is 26.3 Å². The van der Waals surface area contributed by atoms with Crippen LogP contribution in [0.3, 0.4) is 0 Å². The number of rotatable bonds is 4. The Morgan fingerprint density at radius 2 is 1.51 bits per heavy atom. The SMILES string of the molecule is COCCN1CCC2(CC1)CC(N1CCOCC1)c1cc(C)ccc12.O=C(O)C(F)(F)F.O=C(O)C(F)(F)F. The number of methoxy groups -OCH3 is 1. The van der Waals surface area contributed by atoms with E-state index >= 15 is 0 Å². The summed E-state index contributed by atoms with van der Waals surface area (Å²) in [5.74, 6) is -5.51. The number of halogens is 6. The summed E-state index contributed by atoms with van der Waals surface area (Å²) in [7, 11) is 1.80. The van der Waals surface area contributed by atoms with Gasteiger partial charge in [0.05, 0.1) is 19.8 Å². The zero-order valence-corrected chi connectivity index (χ0v) is 21.8. The molecule has 2 saturated heterocycles. The molecule has 39 heavy (non-hydrogen) atoms. The number of alkyl halides is 6. The lowest BCUT2D eigenvalue weighted by Gasteiger charge is -2.41. The van der Waals surface area contributed by atoms with Gasteiger partial charge in [-0.15, -0.1) is 0 Å². The summed E-state index contributed by atoms with van der Waals surface area (Å²) in [6.45, 7) is 10.5. The number of carboxylic acids is 2. The van der Waals surface area contributed by atoms with E-state index in [0.29, 0.717) is 11.5 Å². The Morgan fingerprint density at radius 3 is 1.97 bits per heavy atom. The van der Waals surface area contributed by atoms with Crippen LogP contribution < -0.4 is 0 Å². The maximum Gasteiger partial charge on any atom is 0.490 e. The highest BCUT2D eigenvalue weighted by molar-refractivity contribution is 5.73. The lowest BCUT2D eigenvalue weighted by atomic mass is 9.73. The third-order valence-electron chi connectivity index (χ3n) is 7.12. The molecule has 0 amide bonds. The molecule has 3 aliphatic rings. The predicted molar refractivity (Wildman–Crippen MR) is 128 cm³/mol. The number of morpholine rings is 1. The average molecular weight is 573 g/mol. The number of hydrogen-bond donors (Lipinski definition) is 2. The van der Waals surface area contributed by atoms with E-state index < -0.39 is 24.3 Å². The highest BCUT2D eigenvalue weighted by Gasteiger charge is 2.47. The van der Waals surface area contributed by atoms with E-state index in [4.69, 9.17) is 29.3 Å². The van der Waals surface area contributed by atoms with E-state index in [2.05, 4.69) is 34.9 Å². The van der Waals surface area contributed by atoms with Gasteiger partial charge in [0.25, 0.3) is 0 Å². The number of carboxylic acid groups (broad SMARTS) is 2. The second kappa shape index (κ2) is 13.8. The lowest BCUT2D eigenvalue weighted by molar-refractivity contribution is -0.193. The maximum atomic E-state index is 10.6. The number of aliphatic carboxylic acids is 2. The summed E-state index contributed by atoms with van der Waals surface area (Å²) in [5.41, 5.74) is 5.02. The Bertz CT molecular complexity index is 933. The minimum atomic E-state index is -5.08. The first-order valence-electron chi connectivity index (χ1n) is 12.3. The minimum Gasteiger partial charge on any atom is -0.475 e. The van der Waals surface area contributed by atoms with Gasteiger partial charge in [-0.25, -0.2) is 9.59 Å². The quantitative estimate of drug-likeness (QED) is 0.523. The fraction of sp³-hybridized carbons (Fsp3) is 0.680. The molecule has 0 saturated carbocycles. The molecule has 2 fully saturated rings. The fourth-order valence-electron chi connectivity index (χ4n) is 5.14. The number of aryl methyl sites for hydroxylation is 1. The van der Waals surface area contributed by atoms with Crippen LogP contribution in [0.1, 0.15) is 42.0 Å². The molecule has 0 radical (unpaired) electrons. The summed E-state index contributed by atoms with van der Waals surface area (Å²) >= 11 is 0. The molecule has 4 rings (SSSR count). The van der Waals surface area contributed by atoms with Gasteiger partial charge in [0.2, 0.25) is 0 Å². The standard InChI is InChI=1S/C21H32N2O2.2C2HF3O2/c1-17-3-4-19-18(15-17)20(23-10-13-25-14-11-23)16-21(19)5-7-22(8-6-21)9-12-24-2;2*3-2(4,5)1(6)7/h3-4,15,20H,5-14,16H2,1-2H3;2*(H,6,7). The van der Waals surface area contributed by atoms with Crippen molar-refractivity contribution in [1.29, 1.82) is 0 Å². The molecule has 14 heteroatoms. The molecule has 2 N–H and O–H groups in total. The Hall–Kier alpha value is -2.42. The summed E-state index contributed by atoms with van der Waals surface area (Å²) in [4.78, 5) is 23.0. The third kappa shape index (κ3) is 9.33. The lowest BCUT2D eigenvalue weighted by Crippen LogP contribution is -2.44. The van der Waals surface area contributed by atoms with Crippen LogP contribution in [-0.4, -0.2) is 104 Å². The Morgan fingerprint density at radius 1 is 1.00 bits per heavy atom. The van der Waals surface area contributed by atoms with Crippen LogP contribution in [0.15, 0.2) is 18.2 Å². The van der Waals surface area contributed by atoms with Crippen molar-refractivity contribution in [3.8, 4) is 0 Å². The largest absolute Gasteiger partial charge is 0.490 e. The minimum absolute atomic E-state index is 0.385. The molecule has 1 atom stereocenters. The molecule has 2 aliphatic heterocycles. The zero-order chi connectivity index (χ0) is 29.4. The predicted octanol–water partition coefficient (Wildman–Crippen LogP) is 4.02. The summed E-state index contributed by atoms with van der Waals surface area (Å²) < 4.78 is 74.3. The molecule has 0 bridgehead atoms. The van der Waals surface area contributed by atoms with Gasteiger partial charge in [0, 0.05) is 32.8 Å². The summed E-state index contributed by atoms with van der Waals surface area (Å²) in [6.07, 6.45) is -6.30. The molecule has 1 aromatic rings. The van der Waals surface area contributed by atoms with Crippen molar-refractivity contribution in [2.75, 3.05) is 59.7 Å².